The number of esters is 1. The zero-order valence-electron chi connectivity index (χ0n) is 10.1. The molecule has 7 heteroatoms. The molecule has 0 aliphatic rings. The molecule has 2 aromatic heterocycles. The number of hydrogen-bond acceptors (Lipinski definition) is 6. The number of carbonyl (C=O) groups excluding carboxylic acids is 1. The first-order valence-electron chi connectivity index (χ1n) is 5.40. The van der Waals surface area contributed by atoms with Gasteiger partial charge in [-0.25, -0.2) is 19.7 Å². The van der Waals surface area contributed by atoms with Crippen molar-refractivity contribution in [2.75, 3.05) is 12.3 Å². The molecule has 0 saturated carbocycles. The number of aromatic nitrogens is 4. The molecule has 0 saturated heterocycles. The zero-order valence-corrected chi connectivity index (χ0v) is 10.1. The fourth-order valence-corrected chi connectivity index (χ4v) is 1.45. The quantitative estimate of drug-likeness (QED) is 0.799. The van der Waals surface area contributed by atoms with Crippen molar-refractivity contribution >= 4 is 11.8 Å². The number of imidazole rings is 1. The van der Waals surface area contributed by atoms with Gasteiger partial charge >= 0.3 is 5.97 Å². The number of aryl methyl sites for hydroxylation is 1. The lowest BCUT2D eigenvalue weighted by Crippen LogP contribution is -2.11. The number of rotatable bonds is 3. The SMILES string of the molecule is CCOC(=O)c1cnc(-c2nccn2C)nc1N. The number of carbonyl (C=O) groups is 1. The Hall–Kier alpha value is -2.44. The summed E-state index contributed by atoms with van der Waals surface area (Å²) in [5, 5.41) is 0. The summed E-state index contributed by atoms with van der Waals surface area (Å²) in [6.45, 7) is 2.00. The van der Waals surface area contributed by atoms with Gasteiger partial charge in [0, 0.05) is 25.6 Å². The van der Waals surface area contributed by atoms with E-state index in [0.717, 1.165) is 0 Å². The average molecular weight is 247 g/mol. The topological polar surface area (TPSA) is 95.9 Å². The lowest BCUT2D eigenvalue weighted by atomic mass is 10.3. The number of nitrogen functional groups attached to an aromatic ring is 1. The Kier molecular flexibility index (Phi) is 3.22. The largest absolute Gasteiger partial charge is 0.462 e. The fraction of sp³-hybridized carbons (Fsp3) is 0.273. The van der Waals surface area contributed by atoms with Crippen molar-refractivity contribution in [3.8, 4) is 11.6 Å². The standard InChI is InChI=1S/C11H13N5O2/c1-3-18-11(17)7-6-14-9(15-8(7)12)10-13-4-5-16(10)2/h4-6H,3H2,1-2H3,(H2,12,14,15). The molecule has 18 heavy (non-hydrogen) atoms. The maximum Gasteiger partial charge on any atom is 0.343 e. The van der Waals surface area contributed by atoms with Crippen LogP contribution in [0.2, 0.25) is 0 Å². The molecule has 7 nitrogen and oxygen atoms in total. The van der Waals surface area contributed by atoms with Gasteiger partial charge in [-0.2, -0.15) is 0 Å². The third-order valence-corrected chi connectivity index (χ3v) is 2.33. The molecule has 0 fully saturated rings. The molecule has 0 aliphatic carbocycles. The molecular weight excluding hydrogens is 234 g/mol. The molecule has 2 rings (SSSR count). The summed E-state index contributed by atoms with van der Waals surface area (Å²) < 4.78 is 6.61. The summed E-state index contributed by atoms with van der Waals surface area (Å²) in [6.07, 6.45) is 4.76. The van der Waals surface area contributed by atoms with Crippen molar-refractivity contribution in [3.05, 3.63) is 24.2 Å². The highest BCUT2D eigenvalue weighted by molar-refractivity contribution is 5.93. The van der Waals surface area contributed by atoms with Crippen LogP contribution in [-0.2, 0) is 11.8 Å². The first kappa shape index (κ1) is 12.0. The van der Waals surface area contributed by atoms with Gasteiger partial charge in [-0.1, -0.05) is 0 Å². The molecule has 2 aromatic rings. The van der Waals surface area contributed by atoms with E-state index in [1.165, 1.54) is 6.20 Å². The highest BCUT2D eigenvalue weighted by Crippen LogP contribution is 2.15. The van der Waals surface area contributed by atoms with Crippen molar-refractivity contribution in [2.45, 2.75) is 6.92 Å². The minimum Gasteiger partial charge on any atom is -0.462 e. The zero-order chi connectivity index (χ0) is 13.1. The molecule has 0 spiro atoms. The normalized spacial score (nSPS) is 10.3. The van der Waals surface area contributed by atoms with Gasteiger partial charge in [0.05, 0.1) is 6.61 Å². The minimum atomic E-state index is -0.526. The number of nitrogens with zero attached hydrogens (tertiary/aromatic N) is 4. The van der Waals surface area contributed by atoms with E-state index >= 15 is 0 Å². The summed E-state index contributed by atoms with van der Waals surface area (Å²) >= 11 is 0. The van der Waals surface area contributed by atoms with E-state index in [1.807, 2.05) is 7.05 Å². The molecule has 0 aromatic carbocycles. The maximum absolute atomic E-state index is 11.5. The molecule has 0 atom stereocenters. The van der Waals surface area contributed by atoms with Gasteiger partial charge in [0.2, 0.25) is 0 Å². The third kappa shape index (κ3) is 2.15. The molecule has 0 aliphatic heterocycles. The van der Waals surface area contributed by atoms with Crippen LogP contribution in [0.15, 0.2) is 18.6 Å². The molecule has 0 radical (unpaired) electrons. The fourth-order valence-electron chi connectivity index (χ4n) is 1.45. The summed E-state index contributed by atoms with van der Waals surface area (Å²) in [7, 11) is 1.82. The first-order chi connectivity index (χ1) is 8.63. The van der Waals surface area contributed by atoms with Crippen LogP contribution in [0.3, 0.4) is 0 Å². The van der Waals surface area contributed by atoms with Gasteiger partial charge in [-0.3, -0.25) is 0 Å². The van der Waals surface area contributed by atoms with Crippen LogP contribution < -0.4 is 5.73 Å². The van der Waals surface area contributed by atoms with Crippen LogP contribution in [0.25, 0.3) is 11.6 Å². The number of ether oxygens (including phenoxy) is 1. The van der Waals surface area contributed by atoms with Crippen LogP contribution in [0.5, 0.6) is 0 Å². The maximum atomic E-state index is 11.5. The van der Waals surface area contributed by atoms with Crippen LogP contribution >= 0.6 is 0 Å². The van der Waals surface area contributed by atoms with Crippen molar-refractivity contribution in [1.82, 2.24) is 19.5 Å². The lowest BCUT2D eigenvalue weighted by molar-refractivity contribution is 0.0527. The molecule has 94 valence electrons. The van der Waals surface area contributed by atoms with Gasteiger partial charge in [0.15, 0.2) is 11.6 Å². The summed E-state index contributed by atoms with van der Waals surface area (Å²) in [6, 6.07) is 0. The van der Waals surface area contributed by atoms with Gasteiger partial charge in [0.1, 0.15) is 11.4 Å². The Labute approximate surface area is 104 Å². The molecule has 0 bridgehead atoms. The number of hydrogen-bond donors (Lipinski definition) is 1. The smallest absolute Gasteiger partial charge is 0.343 e. The van der Waals surface area contributed by atoms with E-state index in [0.29, 0.717) is 11.6 Å². The highest BCUT2D eigenvalue weighted by atomic mass is 16.5. The van der Waals surface area contributed by atoms with Crippen molar-refractivity contribution < 1.29 is 9.53 Å². The molecule has 2 heterocycles. The average Bonchev–Trinajstić information content (AvgIpc) is 2.75. The van der Waals surface area contributed by atoms with E-state index in [4.69, 9.17) is 10.5 Å². The summed E-state index contributed by atoms with van der Waals surface area (Å²) in [5.41, 5.74) is 5.88. The van der Waals surface area contributed by atoms with Gasteiger partial charge in [-0.15, -0.1) is 0 Å². The summed E-state index contributed by atoms with van der Waals surface area (Å²) in [4.78, 5) is 23.8. The van der Waals surface area contributed by atoms with Crippen molar-refractivity contribution in [3.63, 3.8) is 0 Å². The Morgan fingerprint density at radius 2 is 2.28 bits per heavy atom. The Bertz CT molecular complexity index is 579. The van der Waals surface area contributed by atoms with Crippen LogP contribution in [-0.4, -0.2) is 32.1 Å². The Morgan fingerprint density at radius 3 is 2.83 bits per heavy atom. The number of nitrogens with two attached hydrogens (primary N) is 1. The van der Waals surface area contributed by atoms with E-state index in [9.17, 15) is 4.79 Å². The van der Waals surface area contributed by atoms with E-state index in [-0.39, 0.29) is 18.0 Å². The van der Waals surface area contributed by atoms with Gasteiger partial charge < -0.3 is 15.0 Å². The number of anilines is 1. The molecule has 0 unspecified atom stereocenters. The van der Waals surface area contributed by atoms with Crippen molar-refractivity contribution in [2.24, 2.45) is 7.05 Å². The summed E-state index contributed by atoms with van der Waals surface area (Å²) in [5.74, 6) is 0.507. The molecule has 0 amide bonds. The Morgan fingerprint density at radius 1 is 1.50 bits per heavy atom. The highest BCUT2D eigenvalue weighted by Gasteiger charge is 2.15. The van der Waals surface area contributed by atoms with Crippen LogP contribution in [0.1, 0.15) is 17.3 Å². The predicted octanol–water partition coefficient (Wildman–Crippen LogP) is 0.636. The van der Waals surface area contributed by atoms with Crippen molar-refractivity contribution in [1.29, 1.82) is 0 Å². The monoisotopic (exact) mass is 247 g/mol. The van der Waals surface area contributed by atoms with Gasteiger partial charge in [-0.05, 0) is 6.92 Å². The first-order valence-corrected chi connectivity index (χ1v) is 5.40. The van der Waals surface area contributed by atoms with E-state index in [2.05, 4.69) is 15.0 Å². The third-order valence-electron chi connectivity index (χ3n) is 2.33. The second-order valence-corrected chi connectivity index (χ2v) is 3.57. The second-order valence-electron chi connectivity index (χ2n) is 3.57. The second kappa shape index (κ2) is 4.82. The van der Waals surface area contributed by atoms with E-state index in [1.54, 1.807) is 23.9 Å². The van der Waals surface area contributed by atoms with E-state index < -0.39 is 5.97 Å². The minimum absolute atomic E-state index is 0.0847. The van der Waals surface area contributed by atoms with Crippen LogP contribution in [0, 0.1) is 0 Å². The Balaban J connectivity index is 2.36. The lowest BCUT2D eigenvalue weighted by Gasteiger charge is -2.06. The van der Waals surface area contributed by atoms with Gasteiger partial charge in [0.25, 0.3) is 0 Å². The molecule has 2 N–H and O–H groups in total. The van der Waals surface area contributed by atoms with Crippen LogP contribution in [0.4, 0.5) is 5.82 Å². The predicted molar refractivity (Wildman–Crippen MR) is 64.6 cm³/mol. The molecular formula is C11H13N5O2.